The van der Waals surface area contributed by atoms with Gasteiger partial charge in [-0.1, -0.05) is 6.92 Å². The van der Waals surface area contributed by atoms with E-state index in [2.05, 4.69) is 5.32 Å². The number of rotatable bonds is 2. The fraction of sp³-hybridized carbons (Fsp3) is 0.778. The van der Waals surface area contributed by atoms with E-state index in [1.54, 1.807) is 0 Å². The van der Waals surface area contributed by atoms with E-state index in [4.69, 9.17) is 5.26 Å². The maximum absolute atomic E-state index is 11.6. The summed E-state index contributed by atoms with van der Waals surface area (Å²) in [7, 11) is 0. The minimum absolute atomic E-state index is 0.114. The van der Waals surface area contributed by atoms with Gasteiger partial charge in [-0.05, 0) is 0 Å². The summed E-state index contributed by atoms with van der Waals surface area (Å²) in [6.07, 6.45) is 0.322. The van der Waals surface area contributed by atoms with E-state index in [1.807, 2.05) is 17.9 Å². The molecule has 0 bridgehead atoms. The molecule has 1 amide bonds. The molecule has 13 heavy (non-hydrogen) atoms. The Morgan fingerprint density at radius 3 is 2.77 bits per heavy atom. The van der Waals surface area contributed by atoms with Gasteiger partial charge in [-0.3, -0.25) is 4.79 Å². The molecule has 1 fully saturated rings. The number of nitriles is 1. The van der Waals surface area contributed by atoms with Crippen LogP contribution in [0.25, 0.3) is 0 Å². The molecule has 0 aromatic carbocycles. The van der Waals surface area contributed by atoms with E-state index in [0.717, 1.165) is 26.2 Å². The van der Waals surface area contributed by atoms with Gasteiger partial charge in [0, 0.05) is 38.5 Å². The van der Waals surface area contributed by atoms with Crippen molar-refractivity contribution in [3.8, 4) is 6.07 Å². The topological polar surface area (TPSA) is 56.1 Å². The summed E-state index contributed by atoms with van der Waals surface area (Å²) in [5.41, 5.74) is 0. The first kappa shape index (κ1) is 10.0. The third-order valence-corrected chi connectivity index (χ3v) is 2.25. The van der Waals surface area contributed by atoms with Gasteiger partial charge < -0.3 is 10.2 Å². The predicted molar refractivity (Wildman–Crippen MR) is 48.8 cm³/mol. The fourth-order valence-electron chi connectivity index (χ4n) is 1.42. The number of piperazine rings is 1. The number of amides is 1. The monoisotopic (exact) mass is 181 g/mol. The molecule has 1 atom stereocenters. The third-order valence-electron chi connectivity index (χ3n) is 2.25. The van der Waals surface area contributed by atoms with Crippen molar-refractivity contribution in [1.82, 2.24) is 10.2 Å². The van der Waals surface area contributed by atoms with Crippen molar-refractivity contribution in [2.45, 2.75) is 13.3 Å². The number of carbonyl (C=O) groups excluding carboxylic acids is 1. The highest BCUT2D eigenvalue weighted by Crippen LogP contribution is 2.06. The average Bonchev–Trinajstić information content (AvgIpc) is 2.18. The summed E-state index contributed by atoms with van der Waals surface area (Å²) >= 11 is 0. The van der Waals surface area contributed by atoms with Crippen molar-refractivity contribution in [3.05, 3.63) is 0 Å². The highest BCUT2D eigenvalue weighted by Gasteiger charge is 2.21. The van der Waals surface area contributed by atoms with Gasteiger partial charge in [-0.2, -0.15) is 5.26 Å². The summed E-state index contributed by atoms with van der Waals surface area (Å²) < 4.78 is 0. The number of nitrogens with one attached hydrogen (secondary N) is 1. The molecule has 1 N–H and O–H groups in total. The van der Waals surface area contributed by atoms with Gasteiger partial charge in [0.1, 0.15) is 0 Å². The summed E-state index contributed by atoms with van der Waals surface area (Å²) in [5, 5.41) is 11.6. The SMILES string of the molecule is CC(CC#N)C(=O)N1CCNCC1. The van der Waals surface area contributed by atoms with Crippen LogP contribution in [0.3, 0.4) is 0 Å². The first-order chi connectivity index (χ1) is 6.25. The largest absolute Gasteiger partial charge is 0.340 e. The second-order valence-corrected chi connectivity index (χ2v) is 3.34. The van der Waals surface area contributed by atoms with E-state index in [1.165, 1.54) is 0 Å². The molecule has 1 aliphatic heterocycles. The van der Waals surface area contributed by atoms with Crippen molar-refractivity contribution in [1.29, 1.82) is 5.26 Å². The van der Waals surface area contributed by atoms with Crippen LogP contribution in [0.15, 0.2) is 0 Å². The van der Waals surface area contributed by atoms with Crippen LogP contribution in [0.5, 0.6) is 0 Å². The Hall–Kier alpha value is -1.08. The molecule has 0 radical (unpaired) electrons. The van der Waals surface area contributed by atoms with Crippen molar-refractivity contribution in [2.24, 2.45) is 5.92 Å². The predicted octanol–water partition coefficient (Wildman–Crippen LogP) is -0.0320. The molecule has 0 aliphatic carbocycles. The third kappa shape index (κ3) is 2.71. The van der Waals surface area contributed by atoms with Crippen molar-refractivity contribution >= 4 is 5.91 Å². The second kappa shape index (κ2) is 4.83. The molecule has 1 saturated heterocycles. The lowest BCUT2D eigenvalue weighted by Crippen LogP contribution is -2.48. The molecule has 1 unspecified atom stereocenters. The lowest BCUT2D eigenvalue weighted by atomic mass is 10.1. The zero-order valence-electron chi connectivity index (χ0n) is 7.92. The van der Waals surface area contributed by atoms with Crippen LogP contribution in [0.1, 0.15) is 13.3 Å². The smallest absolute Gasteiger partial charge is 0.226 e. The van der Waals surface area contributed by atoms with E-state index in [9.17, 15) is 4.79 Å². The number of hydrogen-bond acceptors (Lipinski definition) is 3. The number of hydrogen-bond donors (Lipinski definition) is 1. The molecular formula is C9H15N3O. The Morgan fingerprint density at radius 2 is 2.23 bits per heavy atom. The van der Waals surface area contributed by atoms with Crippen molar-refractivity contribution < 1.29 is 4.79 Å². The zero-order chi connectivity index (χ0) is 9.68. The molecule has 0 aromatic heterocycles. The molecular weight excluding hydrogens is 166 g/mol. The quantitative estimate of drug-likeness (QED) is 0.650. The maximum atomic E-state index is 11.6. The van der Waals surface area contributed by atoms with E-state index in [-0.39, 0.29) is 11.8 Å². The minimum Gasteiger partial charge on any atom is -0.340 e. The maximum Gasteiger partial charge on any atom is 0.226 e. The van der Waals surface area contributed by atoms with Gasteiger partial charge in [-0.25, -0.2) is 0 Å². The Morgan fingerprint density at radius 1 is 1.62 bits per heavy atom. The summed E-state index contributed by atoms with van der Waals surface area (Å²) in [4.78, 5) is 13.5. The van der Waals surface area contributed by atoms with Crippen molar-refractivity contribution in [2.75, 3.05) is 26.2 Å². The van der Waals surface area contributed by atoms with Gasteiger partial charge in [0.05, 0.1) is 6.07 Å². The van der Waals surface area contributed by atoms with Gasteiger partial charge in [0.2, 0.25) is 5.91 Å². The van der Waals surface area contributed by atoms with E-state index >= 15 is 0 Å². The fourth-order valence-corrected chi connectivity index (χ4v) is 1.42. The van der Waals surface area contributed by atoms with Gasteiger partial charge in [0.25, 0.3) is 0 Å². The molecule has 72 valence electrons. The molecule has 0 spiro atoms. The van der Waals surface area contributed by atoms with E-state index < -0.39 is 0 Å². The first-order valence-electron chi connectivity index (χ1n) is 4.62. The van der Waals surface area contributed by atoms with Gasteiger partial charge in [-0.15, -0.1) is 0 Å². The summed E-state index contributed by atoms with van der Waals surface area (Å²) in [5.74, 6) is -0.0360. The molecule has 1 aliphatic rings. The van der Waals surface area contributed by atoms with Gasteiger partial charge >= 0.3 is 0 Å². The van der Waals surface area contributed by atoms with Crippen molar-refractivity contribution in [3.63, 3.8) is 0 Å². The van der Waals surface area contributed by atoms with Crippen LogP contribution in [0, 0.1) is 17.2 Å². The standard InChI is InChI=1S/C9H15N3O/c1-8(2-3-10)9(13)12-6-4-11-5-7-12/h8,11H,2,4-7H2,1H3. The Kier molecular flexibility index (Phi) is 3.71. The van der Waals surface area contributed by atoms with E-state index in [0.29, 0.717) is 6.42 Å². The van der Waals surface area contributed by atoms with Crippen LogP contribution in [0.4, 0.5) is 0 Å². The molecule has 4 heteroatoms. The normalized spacial score (nSPS) is 19.2. The Labute approximate surface area is 78.5 Å². The van der Waals surface area contributed by atoms with Crippen LogP contribution in [-0.4, -0.2) is 37.0 Å². The second-order valence-electron chi connectivity index (χ2n) is 3.34. The molecule has 1 heterocycles. The zero-order valence-corrected chi connectivity index (χ0v) is 7.92. The lowest BCUT2D eigenvalue weighted by molar-refractivity contribution is -0.135. The molecule has 1 rings (SSSR count). The summed E-state index contributed by atoms with van der Waals surface area (Å²) in [6.45, 7) is 5.09. The Bertz CT molecular complexity index is 215. The highest BCUT2D eigenvalue weighted by atomic mass is 16.2. The highest BCUT2D eigenvalue weighted by molar-refractivity contribution is 5.78. The minimum atomic E-state index is -0.150. The lowest BCUT2D eigenvalue weighted by Gasteiger charge is -2.29. The average molecular weight is 181 g/mol. The molecule has 4 nitrogen and oxygen atoms in total. The number of carbonyl (C=O) groups is 1. The van der Waals surface area contributed by atoms with Crippen LogP contribution >= 0.6 is 0 Å². The van der Waals surface area contributed by atoms with Crippen LogP contribution in [0.2, 0.25) is 0 Å². The van der Waals surface area contributed by atoms with Crippen LogP contribution in [-0.2, 0) is 4.79 Å². The first-order valence-corrected chi connectivity index (χ1v) is 4.62. The molecule has 0 saturated carbocycles. The Balaban J connectivity index is 2.41. The van der Waals surface area contributed by atoms with Crippen LogP contribution < -0.4 is 5.32 Å². The summed E-state index contributed by atoms with van der Waals surface area (Å²) in [6, 6.07) is 2.02. The van der Waals surface area contributed by atoms with Gasteiger partial charge in [0.15, 0.2) is 0 Å². The number of nitrogens with zero attached hydrogens (tertiary/aromatic N) is 2. The molecule has 0 aromatic rings.